The number of amides is 2. The SMILES string of the molecule is N#Cc1c(NC(=O)[C@H]2C[C@H]2c2ccccc2)sc2c1CCN(C(=O)CCc1ccncc1)C2. The molecule has 1 aliphatic heterocycles. The Labute approximate surface area is 196 Å². The number of nitrogens with zero attached hydrogens (tertiary/aromatic N) is 3. The lowest BCUT2D eigenvalue weighted by molar-refractivity contribution is -0.132. The van der Waals surface area contributed by atoms with E-state index < -0.39 is 0 Å². The van der Waals surface area contributed by atoms with E-state index in [0.717, 1.165) is 22.4 Å². The van der Waals surface area contributed by atoms with Crippen LogP contribution in [0.4, 0.5) is 5.00 Å². The minimum atomic E-state index is -0.0515. The molecule has 2 amide bonds. The minimum absolute atomic E-state index is 0.0239. The summed E-state index contributed by atoms with van der Waals surface area (Å²) in [5.74, 6) is 0.284. The van der Waals surface area contributed by atoms with Crippen molar-refractivity contribution in [1.82, 2.24) is 9.88 Å². The highest BCUT2D eigenvalue weighted by atomic mass is 32.1. The van der Waals surface area contributed by atoms with Crippen LogP contribution in [0.1, 0.15) is 45.9 Å². The van der Waals surface area contributed by atoms with Crippen molar-refractivity contribution < 1.29 is 9.59 Å². The molecule has 5 rings (SSSR count). The van der Waals surface area contributed by atoms with Crippen LogP contribution in [0.5, 0.6) is 0 Å². The number of benzene rings is 1. The van der Waals surface area contributed by atoms with Gasteiger partial charge in [0.15, 0.2) is 0 Å². The number of rotatable bonds is 6. The Hall–Kier alpha value is -3.50. The van der Waals surface area contributed by atoms with Crippen LogP contribution in [0.3, 0.4) is 0 Å². The molecule has 2 aromatic heterocycles. The van der Waals surface area contributed by atoms with Crippen molar-refractivity contribution in [3.05, 3.63) is 82.0 Å². The molecule has 3 aromatic rings. The first-order chi connectivity index (χ1) is 16.1. The Morgan fingerprint density at radius 3 is 2.73 bits per heavy atom. The molecule has 1 aliphatic carbocycles. The van der Waals surface area contributed by atoms with Crippen molar-refractivity contribution in [3.63, 3.8) is 0 Å². The maximum absolute atomic E-state index is 12.8. The van der Waals surface area contributed by atoms with Crippen molar-refractivity contribution in [2.45, 2.75) is 38.1 Å². The zero-order valence-electron chi connectivity index (χ0n) is 18.2. The van der Waals surface area contributed by atoms with E-state index in [0.29, 0.717) is 42.9 Å². The Bertz CT molecular complexity index is 1220. The highest BCUT2D eigenvalue weighted by Crippen LogP contribution is 2.48. The van der Waals surface area contributed by atoms with Gasteiger partial charge in [-0.2, -0.15) is 5.26 Å². The van der Waals surface area contributed by atoms with Gasteiger partial charge in [0.25, 0.3) is 0 Å². The molecule has 1 N–H and O–H groups in total. The van der Waals surface area contributed by atoms with Gasteiger partial charge in [0.2, 0.25) is 11.8 Å². The van der Waals surface area contributed by atoms with Gasteiger partial charge < -0.3 is 10.2 Å². The summed E-state index contributed by atoms with van der Waals surface area (Å²) in [5, 5.41) is 13.4. The van der Waals surface area contributed by atoms with Gasteiger partial charge >= 0.3 is 0 Å². The standard InChI is InChI=1S/C26H24N4O2S/c27-15-22-19-10-13-30(24(31)7-6-17-8-11-28-12-9-17)16-23(19)33-26(22)29-25(32)21-14-20(21)18-4-2-1-3-5-18/h1-5,8-9,11-12,20-21H,6-7,10,13-14,16H2,(H,29,32)/t20-,21-/m0/s1. The van der Waals surface area contributed by atoms with E-state index in [4.69, 9.17) is 0 Å². The molecular weight excluding hydrogens is 432 g/mol. The van der Waals surface area contributed by atoms with Crippen LogP contribution in [0, 0.1) is 17.2 Å². The average molecular weight is 457 g/mol. The zero-order chi connectivity index (χ0) is 22.8. The number of aryl methyl sites for hydroxylation is 1. The molecule has 7 heteroatoms. The summed E-state index contributed by atoms with van der Waals surface area (Å²) in [4.78, 5) is 32.5. The summed E-state index contributed by atoms with van der Waals surface area (Å²) in [6.45, 7) is 1.09. The first-order valence-corrected chi connectivity index (χ1v) is 12.0. The molecule has 2 aliphatic rings. The Morgan fingerprint density at radius 2 is 1.97 bits per heavy atom. The van der Waals surface area contributed by atoms with Crippen LogP contribution < -0.4 is 5.32 Å². The third-order valence-electron chi connectivity index (χ3n) is 6.49. The van der Waals surface area contributed by atoms with Gasteiger partial charge in [-0.05, 0) is 54.0 Å². The predicted octanol–water partition coefficient (Wildman–Crippen LogP) is 4.27. The molecule has 3 heterocycles. The van der Waals surface area contributed by atoms with Crippen LogP contribution in [-0.4, -0.2) is 28.2 Å². The normalized spacial score (nSPS) is 18.8. The number of carbonyl (C=O) groups excluding carboxylic acids is 2. The van der Waals surface area contributed by atoms with Gasteiger partial charge in [-0.25, -0.2) is 0 Å². The number of fused-ring (bicyclic) bond motifs is 1. The molecule has 33 heavy (non-hydrogen) atoms. The highest BCUT2D eigenvalue weighted by molar-refractivity contribution is 7.16. The van der Waals surface area contributed by atoms with Crippen LogP contribution in [0.15, 0.2) is 54.9 Å². The molecule has 2 atom stereocenters. The van der Waals surface area contributed by atoms with E-state index in [1.54, 1.807) is 12.4 Å². The smallest absolute Gasteiger partial charge is 0.228 e. The first-order valence-electron chi connectivity index (χ1n) is 11.2. The largest absolute Gasteiger partial charge is 0.337 e. The minimum Gasteiger partial charge on any atom is -0.337 e. The zero-order valence-corrected chi connectivity index (χ0v) is 19.0. The van der Waals surface area contributed by atoms with Crippen molar-refractivity contribution in [1.29, 1.82) is 5.26 Å². The summed E-state index contributed by atoms with van der Waals surface area (Å²) in [5.41, 5.74) is 3.82. The van der Waals surface area contributed by atoms with E-state index in [1.165, 1.54) is 16.9 Å². The molecule has 0 radical (unpaired) electrons. The second-order valence-corrected chi connectivity index (χ2v) is 9.69. The predicted molar refractivity (Wildman–Crippen MR) is 127 cm³/mol. The Kier molecular flexibility index (Phi) is 5.93. The lowest BCUT2D eigenvalue weighted by Gasteiger charge is -2.27. The molecule has 0 saturated heterocycles. The topological polar surface area (TPSA) is 86.1 Å². The van der Waals surface area contributed by atoms with Gasteiger partial charge in [-0.15, -0.1) is 11.3 Å². The second-order valence-electron chi connectivity index (χ2n) is 8.59. The summed E-state index contributed by atoms with van der Waals surface area (Å²) < 4.78 is 0. The maximum Gasteiger partial charge on any atom is 0.228 e. The van der Waals surface area contributed by atoms with E-state index in [1.807, 2.05) is 35.2 Å². The van der Waals surface area contributed by atoms with E-state index in [9.17, 15) is 14.9 Å². The molecule has 1 saturated carbocycles. The summed E-state index contributed by atoms with van der Waals surface area (Å²) >= 11 is 1.44. The van der Waals surface area contributed by atoms with Crippen molar-refractivity contribution in [2.75, 3.05) is 11.9 Å². The number of pyridine rings is 1. The Balaban J connectivity index is 1.23. The molecule has 0 spiro atoms. The maximum atomic E-state index is 12.8. The number of nitriles is 1. The monoisotopic (exact) mass is 456 g/mol. The number of aromatic nitrogens is 1. The molecular formula is C26H24N4O2S. The first kappa shape index (κ1) is 21.4. The summed E-state index contributed by atoms with van der Waals surface area (Å²) in [7, 11) is 0. The summed E-state index contributed by atoms with van der Waals surface area (Å²) in [6.07, 6.45) is 6.08. The lowest BCUT2D eigenvalue weighted by Crippen LogP contribution is -2.35. The third-order valence-corrected chi connectivity index (χ3v) is 7.62. The number of thiophene rings is 1. The van der Waals surface area contributed by atoms with E-state index >= 15 is 0 Å². The third kappa shape index (κ3) is 4.53. The molecule has 1 aromatic carbocycles. The average Bonchev–Trinajstić information content (AvgIpc) is 3.59. The molecule has 0 unspecified atom stereocenters. The lowest BCUT2D eigenvalue weighted by atomic mass is 10.0. The highest BCUT2D eigenvalue weighted by Gasteiger charge is 2.44. The second kappa shape index (κ2) is 9.16. The van der Waals surface area contributed by atoms with E-state index in [2.05, 4.69) is 28.5 Å². The van der Waals surface area contributed by atoms with Gasteiger partial charge in [0.1, 0.15) is 11.1 Å². The number of nitrogens with one attached hydrogen (secondary N) is 1. The van der Waals surface area contributed by atoms with Crippen molar-refractivity contribution >= 4 is 28.2 Å². The van der Waals surface area contributed by atoms with Crippen molar-refractivity contribution in [3.8, 4) is 6.07 Å². The quantitative estimate of drug-likeness (QED) is 0.600. The van der Waals surface area contributed by atoms with Gasteiger partial charge in [0.05, 0.1) is 12.1 Å². The number of carbonyl (C=O) groups is 2. The Morgan fingerprint density at radius 1 is 1.18 bits per heavy atom. The van der Waals surface area contributed by atoms with Crippen LogP contribution in [0.25, 0.3) is 0 Å². The van der Waals surface area contributed by atoms with E-state index in [-0.39, 0.29) is 23.7 Å². The van der Waals surface area contributed by atoms with Gasteiger partial charge in [0, 0.05) is 36.2 Å². The summed E-state index contributed by atoms with van der Waals surface area (Å²) in [6, 6.07) is 16.2. The van der Waals surface area contributed by atoms with Gasteiger partial charge in [-0.3, -0.25) is 14.6 Å². The van der Waals surface area contributed by atoms with Crippen LogP contribution in [0.2, 0.25) is 0 Å². The fourth-order valence-electron chi connectivity index (χ4n) is 4.54. The van der Waals surface area contributed by atoms with Crippen LogP contribution in [-0.2, 0) is 29.0 Å². The molecule has 6 nitrogen and oxygen atoms in total. The fourth-order valence-corrected chi connectivity index (χ4v) is 5.76. The van der Waals surface area contributed by atoms with Crippen LogP contribution >= 0.6 is 11.3 Å². The molecule has 166 valence electrons. The number of anilines is 1. The van der Waals surface area contributed by atoms with Crippen molar-refractivity contribution in [2.24, 2.45) is 5.92 Å². The molecule has 0 bridgehead atoms. The number of hydrogen-bond donors (Lipinski definition) is 1. The number of hydrogen-bond acceptors (Lipinski definition) is 5. The fraction of sp³-hybridized carbons (Fsp3) is 0.308. The van der Waals surface area contributed by atoms with Gasteiger partial charge in [-0.1, -0.05) is 30.3 Å². The molecule has 1 fully saturated rings.